The summed E-state index contributed by atoms with van der Waals surface area (Å²) in [5, 5.41) is 2.09. The molecule has 3 aromatic rings. The fraction of sp³-hybridized carbons (Fsp3) is 0.111. The molecule has 1 aromatic heterocycles. The summed E-state index contributed by atoms with van der Waals surface area (Å²) < 4.78 is 11.6. The molecule has 0 saturated carbocycles. The number of ether oxygens (including phenoxy) is 2. The summed E-state index contributed by atoms with van der Waals surface area (Å²) >= 11 is 1.72. The van der Waals surface area contributed by atoms with E-state index in [9.17, 15) is 0 Å². The molecule has 1 atom stereocenters. The topological polar surface area (TPSA) is 18.5 Å². The standard InChI is InChI=1S/C18H14O2S/c1-19-12-8-9-14-15(11-12)13-5-2-3-6-16(13)20-18(14)17-7-4-10-21-17/h2-11,18H,1H3. The van der Waals surface area contributed by atoms with Crippen LogP contribution in [0.2, 0.25) is 0 Å². The summed E-state index contributed by atoms with van der Waals surface area (Å²) in [7, 11) is 1.70. The molecule has 1 aliphatic rings. The molecule has 21 heavy (non-hydrogen) atoms. The summed E-state index contributed by atoms with van der Waals surface area (Å²) in [4.78, 5) is 1.22. The van der Waals surface area contributed by atoms with Crippen molar-refractivity contribution in [1.29, 1.82) is 0 Å². The fourth-order valence-corrected chi connectivity index (χ4v) is 3.53. The molecule has 2 heterocycles. The van der Waals surface area contributed by atoms with Crippen LogP contribution < -0.4 is 9.47 Å². The number of methoxy groups -OCH3 is 1. The summed E-state index contributed by atoms with van der Waals surface area (Å²) in [6.45, 7) is 0. The van der Waals surface area contributed by atoms with Crippen molar-refractivity contribution >= 4 is 11.3 Å². The molecule has 0 spiro atoms. The predicted octanol–water partition coefficient (Wildman–Crippen LogP) is 4.91. The Morgan fingerprint density at radius 2 is 1.90 bits per heavy atom. The zero-order valence-corrected chi connectivity index (χ0v) is 12.4. The van der Waals surface area contributed by atoms with Crippen LogP contribution in [0.1, 0.15) is 16.5 Å². The maximum atomic E-state index is 6.25. The lowest BCUT2D eigenvalue weighted by atomic mass is 9.92. The predicted molar refractivity (Wildman–Crippen MR) is 85.2 cm³/mol. The Labute approximate surface area is 127 Å². The van der Waals surface area contributed by atoms with Gasteiger partial charge in [0.05, 0.1) is 7.11 Å². The molecule has 0 fully saturated rings. The zero-order chi connectivity index (χ0) is 14.2. The molecule has 2 nitrogen and oxygen atoms in total. The molecule has 0 amide bonds. The minimum atomic E-state index is -0.0409. The monoisotopic (exact) mass is 294 g/mol. The molecular weight excluding hydrogens is 280 g/mol. The summed E-state index contributed by atoms with van der Waals surface area (Å²) in [6.07, 6.45) is -0.0409. The maximum absolute atomic E-state index is 6.25. The van der Waals surface area contributed by atoms with E-state index < -0.39 is 0 Å². The van der Waals surface area contributed by atoms with Crippen LogP contribution in [0.25, 0.3) is 11.1 Å². The molecule has 2 aromatic carbocycles. The van der Waals surface area contributed by atoms with E-state index in [0.29, 0.717) is 0 Å². The highest BCUT2D eigenvalue weighted by Gasteiger charge is 2.28. The van der Waals surface area contributed by atoms with Crippen LogP contribution in [0, 0.1) is 0 Å². The molecule has 0 bridgehead atoms. The number of benzene rings is 2. The molecule has 1 unspecified atom stereocenters. The van der Waals surface area contributed by atoms with Gasteiger partial charge in [0.1, 0.15) is 11.5 Å². The van der Waals surface area contributed by atoms with Gasteiger partial charge in [0.15, 0.2) is 6.10 Å². The lowest BCUT2D eigenvalue weighted by Crippen LogP contribution is -2.14. The minimum Gasteiger partial charge on any atom is -0.497 e. The van der Waals surface area contributed by atoms with Crippen LogP contribution in [0.3, 0.4) is 0 Å². The van der Waals surface area contributed by atoms with E-state index in [-0.39, 0.29) is 6.10 Å². The maximum Gasteiger partial charge on any atom is 0.159 e. The van der Waals surface area contributed by atoms with Crippen LogP contribution in [-0.4, -0.2) is 7.11 Å². The smallest absolute Gasteiger partial charge is 0.159 e. The SMILES string of the molecule is COc1ccc2c(c1)-c1ccccc1OC2c1cccs1. The Kier molecular flexibility index (Phi) is 2.93. The number of rotatable bonds is 2. The van der Waals surface area contributed by atoms with Gasteiger partial charge in [-0.3, -0.25) is 0 Å². The number of hydrogen-bond donors (Lipinski definition) is 0. The molecule has 1 aliphatic heterocycles. The van der Waals surface area contributed by atoms with Crippen molar-refractivity contribution in [2.45, 2.75) is 6.10 Å². The quantitative estimate of drug-likeness (QED) is 0.669. The lowest BCUT2D eigenvalue weighted by molar-refractivity contribution is 0.247. The van der Waals surface area contributed by atoms with Crippen molar-refractivity contribution in [3.8, 4) is 22.6 Å². The van der Waals surface area contributed by atoms with Crippen LogP contribution >= 0.6 is 11.3 Å². The van der Waals surface area contributed by atoms with E-state index in [1.54, 1.807) is 18.4 Å². The largest absolute Gasteiger partial charge is 0.497 e. The van der Waals surface area contributed by atoms with Crippen LogP contribution in [0.5, 0.6) is 11.5 Å². The molecule has 0 radical (unpaired) electrons. The normalized spacial score (nSPS) is 15.8. The number of fused-ring (bicyclic) bond motifs is 3. The van der Waals surface area contributed by atoms with Gasteiger partial charge in [-0.1, -0.05) is 30.3 Å². The molecular formula is C18H14O2S. The van der Waals surface area contributed by atoms with E-state index >= 15 is 0 Å². The van der Waals surface area contributed by atoms with Crippen LogP contribution in [-0.2, 0) is 0 Å². The first-order valence-electron chi connectivity index (χ1n) is 6.84. The highest BCUT2D eigenvalue weighted by molar-refractivity contribution is 7.10. The number of para-hydroxylation sites is 1. The summed E-state index contributed by atoms with van der Waals surface area (Å²) in [5.74, 6) is 1.80. The van der Waals surface area contributed by atoms with E-state index in [0.717, 1.165) is 17.1 Å². The average Bonchev–Trinajstić information content (AvgIpc) is 3.08. The third-order valence-corrected chi connectivity index (χ3v) is 4.68. The molecule has 3 heteroatoms. The second kappa shape index (κ2) is 4.93. The highest BCUT2D eigenvalue weighted by atomic mass is 32.1. The first kappa shape index (κ1) is 12.5. The van der Waals surface area contributed by atoms with Gasteiger partial charge < -0.3 is 9.47 Å². The molecule has 0 saturated heterocycles. The van der Waals surface area contributed by atoms with Crippen molar-refractivity contribution in [3.63, 3.8) is 0 Å². The third kappa shape index (κ3) is 2.01. The van der Waals surface area contributed by atoms with Gasteiger partial charge in [-0.05, 0) is 35.2 Å². The van der Waals surface area contributed by atoms with Gasteiger partial charge in [-0.25, -0.2) is 0 Å². The molecule has 104 valence electrons. The fourth-order valence-electron chi connectivity index (χ4n) is 2.76. The molecule has 0 aliphatic carbocycles. The van der Waals surface area contributed by atoms with Gasteiger partial charge in [-0.2, -0.15) is 0 Å². The Morgan fingerprint density at radius 3 is 2.71 bits per heavy atom. The average molecular weight is 294 g/mol. The van der Waals surface area contributed by atoms with Gasteiger partial charge in [0.2, 0.25) is 0 Å². The first-order chi connectivity index (χ1) is 10.4. The minimum absolute atomic E-state index is 0.0409. The first-order valence-corrected chi connectivity index (χ1v) is 7.72. The lowest BCUT2D eigenvalue weighted by Gasteiger charge is -2.28. The Hall–Kier alpha value is -2.26. The highest BCUT2D eigenvalue weighted by Crippen LogP contribution is 2.46. The van der Waals surface area contributed by atoms with Crippen molar-refractivity contribution in [3.05, 3.63) is 70.4 Å². The van der Waals surface area contributed by atoms with E-state index in [2.05, 4.69) is 35.7 Å². The van der Waals surface area contributed by atoms with Gasteiger partial charge in [0.25, 0.3) is 0 Å². The Bertz CT molecular complexity index is 778. The second-order valence-electron chi connectivity index (χ2n) is 4.96. The van der Waals surface area contributed by atoms with Gasteiger partial charge in [0, 0.05) is 16.0 Å². The zero-order valence-electron chi connectivity index (χ0n) is 11.6. The van der Waals surface area contributed by atoms with Crippen LogP contribution in [0.15, 0.2) is 60.0 Å². The van der Waals surface area contributed by atoms with Gasteiger partial charge in [-0.15, -0.1) is 11.3 Å². The summed E-state index contributed by atoms with van der Waals surface area (Å²) in [6, 6.07) is 18.6. The summed E-state index contributed by atoms with van der Waals surface area (Å²) in [5.41, 5.74) is 3.51. The van der Waals surface area contributed by atoms with Crippen molar-refractivity contribution in [2.75, 3.05) is 7.11 Å². The molecule has 4 rings (SSSR count). The number of thiophene rings is 1. The number of hydrogen-bond acceptors (Lipinski definition) is 3. The second-order valence-corrected chi connectivity index (χ2v) is 5.94. The van der Waals surface area contributed by atoms with Crippen molar-refractivity contribution in [1.82, 2.24) is 0 Å². The van der Waals surface area contributed by atoms with Gasteiger partial charge >= 0.3 is 0 Å². The molecule has 0 N–H and O–H groups in total. The van der Waals surface area contributed by atoms with E-state index in [1.165, 1.54) is 16.0 Å². The Balaban J connectivity index is 1.94. The van der Waals surface area contributed by atoms with Crippen LogP contribution in [0.4, 0.5) is 0 Å². The van der Waals surface area contributed by atoms with Crippen molar-refractivity contribution < 1.29 is 9.47 Å². The third-order valence-electron chi connectivity index (χ3n) is 3.77. The van der Waals surface area contributed by atoms with Crippen molar-refractivity contribution in [2.24, 2.45) is 0 Å². The van der Waals surface area contributed by atoms with E-state index in [1.807, 2.05) is 24.3 Å². The Morgan fingerprint density at radius 1 is 1.00 bits per heavy atom. The van der Waals surface area contributed by atoms with E-state index in [4.69, 9.17) is 9.47 Å².